The Hall–Kier alpha value is -1.77. The molecule has 1 fully saturated rings. The summed E-state index contributed by atoms with van der Waals surface area (Å²) in [5.74, 6) is -6.68. The number of cyclic esters (lactones) is 1. The molecular formula is C11H6F6O3. The second-order valence-electron chi connectivity index (χ2n) is 3.94. The highest BCUT2D eigenvalue weighted by molar-refractivity contribution is 5.78. The number of hydrogen-bond donors (Lipinski definition) is 0. The maximum atomic E-state index is 12.7. The number of rotatable bonds is 1. The average molecular weight is 300 g/mol. The van der Waals surface area contributed by atoms with Crippen molar-refractivity contribution in [3.63, 3.8) is 0 Å². The van der Waals surface area contributed by atoms with Crippen LogP contribution in [0.3, 0.4) is 0 Å². The molecule has 1 aliphatic heterocycles. The molecule has 20 heavy (non-hydrogen) atoms. The van der Waals surface area contributed by atoms with Crippen molar-refractivity contribution in [1.82, 2.24) is 0 Å². The Morgan fingerprint density at radius 1 is 0.950 bits per heavy atom. The number of benzene rings is 1. The highest BCUT2D eigenvalue weighted by Crippen LogP contribution is 2.53. The summed E-state index contributed by atoms with van der Waals surface area (Å²) in [5.41, 5.74) is -0.159. The van der Waals surface area contributed by atoms with Crippen molar-refractivity contribution in [2.24, 2.45) is 0 Å². The lowest BCUT2D eigenvalue weighted by atomic mass is 10.1. The number of carbonyl (C=O) groups excluding carboxylic acids is 1. The second-order valence-corrected chi connectivity index (χ2v) is 3.94. The van der Waals surface area contributed by atoms with Gasteiger partial charge in [-0.25, -0.2) is 4.79 Å². The average Bonchev–Trinajstić information content (AvgIpc) is 2.68. The monoisotopic (exact) mass is 300 g/mol. The first kappa shape index (κ1) is 14.6. The van der Waals surface area contributed by atoms with Gasteiger partial charge < -0.3 is 9.47 Å². The summed E-state index contributed by atoms with van der Waals surface area (Å²) in [6.45, 7) is 0. The second kappa shape index (κ2) is 4.37. The van der Waals surface area contributed by atoms with Crippen molar-refractivity contribution >= 4 is 5.97 Å². The van der Waals surface area contributed by atoms with Crippen LogP contribution in [-0.4, -0.2) is 24.1 Å². The molecule has 1 saturated heterocycles. The molecule has 0 N–H and O–H groups in total. The number of halogens is 6. The smallest absolute Gasteiger partial charge is 0.413 e. The molecule has 0 bridgehead atoms. The molecule has 1 unspecified atom stereocenters. The Labute approximate surface area is 108 Å². The van der Waals surface area contributed by atoms with Crippen molar-refractivity contribution in [2.45, 2.75) is 24.2 Å². The Bertz CT molecular complexity index is 493. The molecule has 1 aromatic carbocycles. The fraction of sp³-hybridized carbons (Fsp3) is 0.364. The largest absolute Gasteiger partial charge is 0.465 e. The molecule has 110 valence electrons. The topological polar surface area (TPSA) is 35.5 Å². The number of ether oxygens (including phenoxy) is 2. The fourth-order valence-electron chi connectivity index (χ4n) is 1.68. The van der Waals surface area contributed by atoms with Gasteiger partial charge >= 0.3 is 24.1 Å². The van der Waals surface area contributed by atoms with Crippen molar-refractivity contribution in [1.29, 1.82) is 0 Å². The molecule has 1 aromatic rings. The number of hydrogen-bond acceptors (Lipinski definition) is 3. The molecule has 0 saturated carbocycles. The molecule has 3 nitrogen and oxygen atoms in total. The first-order valence-corrected chi connectivity index (χ1v) is 5.17. The minimum atomic E-state index is -5.94. The van der Waals surface area contributed by atoms with Gasteiger partial charge in [0.2, 0.25) is 0 Å². The van der Waals surface area contributed by atoms with E-state index in [1.807, 2.05) is 0 Å². The van der Waals surface area contributed by atoms with E-state index in [-0.39, 0.29) is 5.56 Å². The third-order valence-corrected chi connectivity index (χ3v) is 2.59. The van der Waals surface area contributed by atoms with Gasteiger partial charge in [0.1, 0.15) is 0 Å². The van der Waals surface area contributed by atoms with Crippen LogP contribution in [0.25, 0.3) is 0 Å². The molecule has 1 atom stereocenters. The SMILES string of the molecule is O=C1OC(C(F)(F)F)(C(F)(F)F)OC1c1ccccc1. The molecule has 0 aliphatic carbocycles. The normalized spacial score (nSPS) is 22.7. The van der Waals surface area contributed by atoms with Gasteiger partial charge in [-0.3, -0.25) is 0 Å². The van der Waals surface area contributed by atoms with E-state index in [2.05, 4.69) is 9.47 Å². The lowest BCUT2D eigenvalue weighted by Gasteiger charge is -2.30. The maximum absolute atomic E-state index is 12.7. The summed E-state index contributed by atoms with van der Waals surface area (Å²) in [6.07, 6.45) is -14.0. The van der Waals surface area contributed by atoms with Gasteiger partial charge in [-0.05, 0) is 5.56 Å². The summed E-state index contributed by atoms with van der Waals surface area (Å²) in [7, 11) is 0. The van der Waals surface area contributed by atoms with E-state index in [1.165, 1.54) is 18.2 Å². The van der Waals surface area contributed by atoms with Gasteiger partial charge in [0.05, 0.1) is 0 Å². The molecule has 9 heteroatoms. The minimum absolute atomic E-state index is 0.159. The molecule has 0 spiro atoms. The first-order chi connectivity index (χ1) is 9.08. The predicted octanol–water partition coefficient (Wildman–Crippen LogP) is 3.12. The van der Waals surface area contributed by atoms with E-state index in [1.54, 1.807) is 0 Å². The lowest BCUT2D eigenvalue weighted by Crippen LogP contribution is -2.58. The minimum Gasteiger partial charge on any atom is -0.413 e. The van der Waals surface area contributed by atoms with Crippen molar-refractivity contribution in [3.8, 4) is 0 Å². The van der Waals surface area contributed by atoms with Gasteiger partial charge in [-0.2, -0.15) is 26.3 Å². The molecule has 1 heterocycles. The summed E-state index contributed by atoms with van der Waals surface area (Å²) in [5, 5.41) is 0. The van der Waals surface area contributed by atoms with Crippen LogP contribution in [0.5, 0.6) is 0 Å². The van der Waals surface area contributed by atoms with E-state index in [0.29, 0.717) is 0 Å². The van der Waals surface area contributed by atoms with Gasteiger partial charge in [0.15, 0.2) is 6.10 Å². The van der Waals surface area contributed by atoms with Gasteiger partial charge in [-0.1, -0.05) is 30.3 Å². The highest BCUT2D eigenvalue weighted by Gasteiger charge is 2.80. The molecule has 0 aromatic heterocycles. The zero-order valence-electron chi connectivity index (χ0n) is 9.46. The van der Waals surface area contributed by atoms with E-state index in [9.17, 15) is 31.1 Å². The van der Waals surface area contributed by atoms with Crippen molar-refractivity contribution in [2.75, 3.05) is 0 Å². The summed E-state index contributed by atoms with van der Waals surface area (Å²) < 4.78 is 83.4. The maximum Gasteiger partial charge on any atom is 0.465 e. The third-order valence-electron chi connectivity index (χ3n) is 2.59. The third kappa shape index (κ3) is 2.11. The molecule has 0 radical (unpaired) electrons. The van der Waals surface area contributed by atoms with Crippen LogP contribution in [0, 0.1) is 0 Å². The quantitative estimate of drug-likeness (QED) is 0.590. The Balaban J connectivity index is 2.44. The van der Waals surface area contributed by atoms with Crippen LogP contribution in [-0.2, 0) is 14.3 Å². The summed E-state index contributed by atoms with van der Waals surface area (Å²) in [6, 6.07) is 6.48. The van der Waals surface area contributed by atoms with Gasteiger partial charge in [0, 0.05) is 0 Å². The Morgan fingerprint density at radius 3 is 1.85 bits per heavy atom. The van der Waals surface area contributed by atoms with E-state index in [4.69, 9.17) is 0 Å². The summed E-state index contributed by atoms with van der Waals surface area (Å²) in [4.78, 5) is 11.3. The van der Waals surface area contributed by atoms with Crippen molar-refractivity contribution in [3.05, 3.63) is 35.9 Å². The number of esters is 1. The van der Waals surface area contributed by atoms with E-state index >= 15 is 0 Å². The molecular weight excluding hydrogens is 294 g/mol. The molecule has 0 amide bonds. The van der Waals surface area contributed by atoms with Crippen LogP contribution in [0.1, 0.15) is 11.7 Å². The van der Waals surface area contributed by atoms with Gasteiger partial charge in [-0.15, -0.1) is 0 Å². The Kier molecular flexibility index (Phi) is 3.20. The van der Waals surface area contributed by atoms with Crippen LogP contribution >= 0.6 is 0 Å². The van der Waals surface area contributed by atoms with Crippen LogP contribution in [0.4, 0.5) is 26.3 Å². The zero-order chi connectivity index (χ0) is 15.2. The standard InChI is InChI=1S/C11H6F6O3/c12-10(13,14)9(11(15,16)17)19-7(8(18)20-9)6-4-2-1-3-5-6/h1-5,7H. The van der Waals surface area contributed by atoms with Crippen molar-refractivity contribution < 1.29 is 40.6 Å². The number of alkyl halides is 6. The highest BCUT2D eigenvalue weighted by atomic mass is 19.4. The molecule has 2 rings (SSSR count). The zero-order valence-corrected chi connectivity index (χ0v) is 9.46. The Morgan fingerprint density at radius 2 is 1.45 bits per heavy atom. The fourth-order valence-corrected chi connectivity index (χ4v) is 1.68. The van der Waals surface area contributed by atoms with Crippen LogP contribution in [0.15, 0.2) is 30.3 Å². The lowest BCUT2D eigenvalue weighted by molar-refractivity contribution is -0.439. The van der Waals surface area contributed by atoms with Crippen LogP contribution in [0.2, 0.25) is 0 Å². The number of carbonyl (C=O) groups is 1. The van der Waals surface area contributed by atoms with E-state index in [0.717, 1.165) is 12.1 Å². The van der Waals surface area contributed by atoms with Gasteiger partial charge in [0.25, 0.3) is 0 Å². The molecule has 1 aliphatic rings. The van der Waals surface area contributed by atoms with Crippen LogP contribution < -0.4 is 0 Å². The summed E-state index contributed by atoms with van der Waals surface area (Å²) >= 11 is 0. The first-order valence-electron chi connectivity index (χ1n) is 5.17. The van der Waals surface area contributed by atoms with E-state index < -0.39 is 30.2 Å². The predicted molar refractivity (Wildman–Crippen MR) is 51.2 cm³/mol.